The number of nitrogens with one attached hydrogen (secondary N) is 1. The van der Waals surface area contributed by atoms with Gasteiger partial charge in [-0.15, -0.1) is 0 Å². The number of rotatable bonds is 4. The summed E-state index contributed by atoms with van der Waals surface area (Å²) in [6.07, 6.45) is 2.13. The summed E-state index contributed by atoms with van der Waals surface area (Å²) in [7, 11) is 0. The van der Waals surface area contributed by atoms with Crippen molar-refractivity contribution in [3.05, 3.63) is 63.1 Å². The Morgan fingerprint density at radius 3 is 2.84 bits per heavy atom. The predicted octanol–water partition coefficient (Wildman–Crippen LogP) is 3.38. The molecule has 1 heterocycles. The van der Waals surface area contributed by atoms with Crippen molar-refractivity contribution in [2.75, 3.05) is 0 Å². The molecule has 1 aromatic heterocycles. The van der Waals surface area contributed by atoms with Gasteiger partial charge in [-0.05, 0) is 46.1 Å². The summed E-state index contributed by atoms with van der Waals surface area (Å²) in [4.78, 5) is 4.27. The molecule has 100 valence electrons. The van der Waals surface area contributed by atoms with Crippen molar-refractivity contribution in [3.63, 3.8) is 0 Å². The van der Waals surface area contributed by atoms with Crippen LogP contribution in [0.15, 0.2) is 41.0 Å². The Labute approximate surface area is 124 Å². The molecule has 6 heteroatoms. The van der Waals surface area contributed by atoms with E-state index in [1.165, 1.54) is 6.07 Å². The smallest absolute Gasteiger partial charge is 0.142 e. The molecule has 0 fully saturated rings. The number of hydrogen-bond acceptors (Lipinski definition) is 3. The van der Waals surface area contributed by atoms with E-state index < -0.39 is 5.82 Å². The maximum atomic E-state index is 13.4. The lowest BCUT2D eigenvalue weighted by Gasteiger charge is -2.17. The maximum Gasteiger partial charge on any atom is 0.142 e. The molecule has 0 amide bonds. The third-order valence-electron chi connectivity index (χ3n) is 2.77. The van der Waals surface area contributed by atoms with Gasteiger partial charge in [0.05, 0.1) is 16.8 Å². The SMILES string of the molecule is NNC(Cc1cccc(F)c1Cl)c1ncccc1Br. The fraction of sp³-hybridized carbons (Fsp3) is 0.154. The summed E-state index contributed by atoms with van der Waals surface area (Å²) in [5.74, 6) is 5.13. The van der Waals surface area contributed by atoms with Crippen LogP contribution in [0.2, 0.25) is 5.02 Å². The van der Waals surface area contributed by atoms with E-state index in [1.807, 2.05) is 12.1 Å². The van der Waals surface area contributed by atoms with Gasteiger partial charge in [-0.25, -0.2) is 4.39 Å². The number of benzene rings is 1. The molecule has 0 aliphatic heterocycles. The Hall–Kier alpha value is -1.01. The highest BCUT2D eigenvalue weighted by Gasteiger charge is 2.17. The quantitative estimate of drug-likeness (QED) is 0.660. The van der Waals surface area contributed by atoms with Gasteiger partial charge >= 0.3 is 0 Å². The standard InChI is InChI=1S/C13H12BrClFN3/c14-9-4-2-6-18-13(9)11(19-17)7-8-3-1-5-10(16)12(8)15/h1-6,11,19H,7,17H2. The zero-order valence-electron chi connectivity index (χ0n) is 9.91. The first-order valence-electron chi connectivity index (χ1n) is 5.63. The van der Waals surface area contributed by atoms with Crippen molar-refractivity contribution in [1.29, 1.82) is 0 Å². The van der Waals surface area contributed by atoms with Crippen LogP contribution in [0.1, 0.15) is 17.3 Å². The van der Waals surface area contributed by atoms with E-state index in [4.69, 9.17) is 17.4 Å². The minimum Gasteiger partial charge on any atom is -0.271 e. The summed E-state index contributed by atoms with van der Waals surface area (Å²) in [5, 5.41) is 0.120. The third kappa shape index (κ3) is 3.30. The summed E-state index contributed by atoms with van der Waals surface area (Å²) in [5.41, 5.74) is 4.12. The van der Waals surface area contributed by atoms with E-state index in [-0.39, 0.29) is 11.1 Å². The molecule has 0 saturated heterocycles. The number of pyridine rings is 1. The van der Waals surface area contributed by atoms with Gasteiger partial charge in [0.2, 0.25) is 0 Å². The zero-order chi connectivity index (χ0) is 13.8. The van der Waals surface area contributed by atoms with E-state index in [0.717, 1.165) is 10.2 Å². The number of hydrogen-bond donors (Lipinski definition) is 2. The molecule has 2 rings (SSSR count). The van der Waals surface area contributed by atoms with Crippen molar-refractivity contribution >= 4 is 27.5 Å². The number of nitrogens with two attached hydrogens (primary N) is 1. The minimum absolute atomic E-state index is 0.120. The summed E-state index contributed by atoms with van der Waals surface area (Å²) in [6, 6.07) is 8.16. The molecular formula is C13H12BrClFN3. The number of nitrogens with zero attached hydrogens (tertiary/aromatic N) is 1. The molecule has 0 saturated carbocycles. The van der Waals surface area contributed by atoms with Crippen LogP contribution < -0.4 is 11.3 Å². The van der Waals surface area contributed by atoms with Crippen LogP contribution in [0.4, 0.5) is 4.39 Å². The van der Waals surface area contributed by atoms with Crippen LogP contribution in [0, 0.1) is 5.82 Å². The minimum atomic E-state index is -0.435. The van der Waals surface area contributed by atoms with Crippen LogP contribution in [0.5, 0.6) is 0 Å². The molecule has 0 aliphatic carbocycles. The summed E-state index contributed by atoms with van der Waals surface area (Å²) >= 11 is 9.36. The Bertz CT molecular complexity index is 580. The molecule has 0 spiro atoms. The Balaban J connectivity index is 2.30. The molecule has 3 nitrogen and oxygen atoms in total. The summed E-state index contributed by atoms with van der Waals surface area (Å²) in [6.45, 7) is 0. The highest BCUT2D eigenvalue weighted by Crippen LogP contribution is 2.27. The Morgan fingerprint density at radius 1 is 1.37 bits per heavy atom. The van der Waals surface area contributed by atoms with E-state index in [1.54, 1.807) is 18.3 Å². The average molecular weight is 345 g/mol. The lowest BCUT2D eigenvalue weighted by atomic mass is 10.0. The third-order valence-corrected chi connectivity index (χ3v) is 3.87. The van der Waals surface area contributed by atoms with E-state index in [0.29, 0.717) is 12.0 Å². The second kappa shape index (κ2) is 6.43. The fourth-order valence-corrected chi connectivity index (χ4v) is 2.55. The van der Waals surface area contributed by atoms with Crippen LogP contribution in [-0.4, -0.2) is 4.98 Å². The van der Waals surface area contributed by atoms with Gasteiger partial charge < -0.3 is 0 Å². The maximum absolute atomic E-state index is 13.4. The van der Waals surface area contributed by atoms with Gasteiger partial charge in [0, 0.05) is 10.7 Å². The van der Waals surface area contributed by atoms with Gasteiger partial charge in [-0.3, -0.25) is 16.3 Å². The summed E-state index contributed by atoms with van der Waals surface area (Å²) < 4.78 is 14.2. The molecule has 19 heavy (non-hydrogen) atoms. The van der Waals surface area contributed by atoms with Crippen molar-refractivity contribution in [2.24, 2.45) is 5.84 Å². The first-order chi connectivity index (χ1) is 9.13. The number of hydrazine groups is 1. The lowest BCUT2D eigenvalue weighted by molar-refractivity contribution is 0.533. The van der Waals surface area contributed by atoms with Gasteiger partial charge in [0.25, 0.3) is 0 Å². The molecule has 2 aromatic rings. The van der Waals surface area contributed by atoms with Gasteiger partial charge in [0.15, 0.2) is 0 Å². The second-order valence-corrected chi connectivity index (χ2v) is 5.24. The van der Waals surface area contributed by atoms with Crippen molar-refractivity contribution in [1.82, 2.24) is 10.4 Å². The molecule has 1 aromatic carbocycles. The van der Waals surface area contributed by atoms with Gasteiger partial charge in [-0.2, -0.15) is 0 Å². The van der Waals surface area contributed by atoms with Gasteiger partial charge in [-0.1, -0.05) is 23.7 Å². The largest absolute Gasteiger partial charge is 0.271 e. The molecule has 3 N–H and O–H groups in total. The topological polar surface area (TPSA) is 50.9 Å². The molecule has 0 radical (unpaired) electrons. The second-order valence-electron chi connectivity index (χ2n) is 4.01. The molecule has 1 atom stereocenters. The average Bonchev–Trinajstić information content (AvgIpc) is 2.41. The fourth-order valence-electron chi connectivity index (χ4n) is 1.81. The molecule has 0 aliphatic rings. The van der Waals surface area contributed by atoms with Crippen LogP contribution in [-0.2, 0) is 6.42 Å². The molecular weight excluding hydrogens is 333 g/mol. The highest BCUT2D eigenvalue weighted by molar-refractivity contribution is 9.10. The first kappa shape index (κ1) is 14.4. The van der Waals surface area contributed by atoms with Crippen molar-refractivity contribution in [2.45, 2.75) is 12.5 Å². The predicted molar refractivity (Wildman–Crippen MR) is 77.1 cm³/mol. The lowest BCUT2D eigenvalue weighted by Crippen LogP contribution is -2.30. The monoisotopic (exact) mass is 343 g/mol. The highest BCUT2D eigenvalue weighted by atomic mass is 79.9. The van der Waals surface area contributed by atoms with Crippen LogP contribution >= 0.6 is 27.5 Å². The van der Waals surface area contributed by atoms with Gasteiger partial charge in [0.1, 0.15) is 5.82 Å². The van der Waals surface area contributed by atoms with Crippen molar-refractivity contribution in [3.8, 4) is 0 Å². The van der Waals surface area contributed by atoms with Crippen molar-refractivity contribution < 1.29 is 4.39 Å². The first-order valence-corrected chi connectivity index (χ1v) is 6.80. The van der Waals surface area contributed by atoms with E-state index in [9.17, 15) is 4.39 Å². The molecule has 0 bridgehead atoms. The van der Waals surface area contributed by atoms with E-state index >= 15 is 0 Å². The molecule has 1 unspecified atom stereocenters. The van der Waals surface area contributed by atoms with Crippen LogP contribution in [0.25, 0.3) is 0 Å². The Kier molecular flexibility index (Phi) is 4.87. The zero-order valence-corrected chi connectivity index (χ0v) is 12.2. The normalized spacial score (nSPS) is 12.4. The number of halogens is 3. The van der Waals surface area contributed by atoms with Crippen LogP contribution in [0.3, 0.4) is 0 Å². The van der Waals surface area contributed by atoms with E-state index in [2.05, 4.69) is 26.3 Å². The number of aromatic nitrogens is 1. The Morgan fingerprint density at radius 2 is 2.16 bits per heavy atom.